The average Bonchev–Trinajstić information content (AvgIpc) is 2.60. The van der Waals surface area contributed by atoms with Crippen LogP contribution < -0.4 is 40.4 Å². The minimum absolute atomic E-state index is 0. The van der Waals surface area contributed by atoms with Crippen LogP contribution >= 0.6 is 11.8 Å². The van der Waals surface area contributed by atoms with E-state index in [4.69, 9.17) is 5.73 Å². The van der Waals surface area contributed by atoms with E-state index in [1.165, 1.54) is 6.92 Å². The number of primary amides is 1. The molecule has 0 aromatic carbocycles. The summed E-state index contributed by atoms with van der Waals surface area (Å²) >= 11 is 1.05. The van der Waals surface area contributed by atoms with Crippen LogP contribution in [0.25, 0.3) is 0 Å². The predicted molar refractivity (Wildman–Crippen MR) is 61.0 cm³/mol. The normalized spacial score (nSPS) is 25.5. The van der Waals surface area contributed by atoms with Crippen molar-refractivity contribution >= 4 is 29.7 Å². The van der Waals surface area contributed by atoms with Gasteiger partial charge in [0.2, 0.25) is 5.91 Å². The van der Waals surface area contributed by atoms with E-state index in [0.717, 1.165) is 16.7 Å². The summed E-state index contributed by atoms with van der Waals surface area (Å²) in [5.41, 5.74) is 4.48. The number of hydrogen-bond donors (Lipinski definition) is 2. The van der Waals surface area contributed by atoms with Gasteiger partial charge in [-0.25, -0.2) is 4.79 Å². The predicted octanol–water partition coefficient (Wildman–Crippen LogP) is -5.04. The molecule has 10 heteroatoms. The van der Waals surface area contributed by atoms with Crippen molar-refractivity contribution in [2.45, 2.75) is 18.4 Å². The summed E-state index contributed by atoms with van der Waals surface area (Å²) in [5, 5.41) is 20.0. The van der Waals surface area contributed by atoms with Gasteiger partial charge in [-0.3, -0.25) is 9.69 Å². The first-order valence-corrected chi connectivity index (χ1v) is 6.27. The number of aliphatic hydroxyl groups is 1. The van der Waals surface area contributed by atoms with Crippen LogP contribution in [0.2, 0.25) is 0 Å². The Kier molecular flexibility index (Phi) is 5.50. The van der Waals surface area contributed by atoms with Gasteiger partial charge in [0.25, 0.3) is 0 Å². The summed E-state index contributed by atoms with van der Waals surface area (Å²) in [5.74, 6) is -2.69. The van der Waals surface area contributed by atoms with Crippen LogP contribution in [0, 0.1) is 5.92 Å². The molecule has 2 aliphatic heterocycles. The van der Waals surface area contributed by atoms with E-state index in [1.54, 1.807) is 0 Å². The number of carboxylic acids is 1. The molecular formula is C10H11N2NaO6S. The molecule has 1 fully saturated rings. The van der Waals surface area contributed by atoms with Gasteiger partial charge >= 0.3 is 35.7 Å². The zero-order valence-corrected chi connectivity index (χ0v) is 13.7. The van der Waals surface area contributed by atoms with E-state index in [0.29, 0.717) is 0 Å². The van der Waals surface area contributed by atoms with Crippen molar-refractivity contribution < 1.29 is 58.9 Å². The van der Waals surface area contributed by atoms with Gasteiger partial charge in [0.05, 0.1) is 28.6 Å². The molecule has 1 saturated heterocycles. The van der Waals surface area contributed by atoms with Gasteiger partial charge in [-0.15, -0.1) is 0 Å². The van der Waals surface area contributed by atoms with E-state index >= 15 is 0 Å². The molecule has 0 aliphatic carbocycles. The van der Waals surface area contributed by atoms with Gasteiger partial charge in [0.15, 0.2) is 0 Å². The number of ether oxygens (including phenoxy) is 1. The standard InChI is InChI=1S/C10H12N2O6S.Na/c1-3(13)5-7(14)12-6(9(15)16)4(19-8(5)12)2-18-10(11)17;/h3,5,8,13H,2H2,1H3,(H2,11,17)(H,15,16);/q;+1/p-1/t3-,5-,8+;/m0./s1. The van der Waals surface area contributed by atoms with E-state index in [9.17, 15) is 24.6 Å². The van der Waals surface area contributed by atoms with Crippen molar-refractivity contribution in [3.05, 3.63) is 10.6 Å². The van der Waals surface area contributed by atoms with Crippen LogP contribution in [0.15, 0.2) is 10.6 Å². The number of rotatable bonds is 4. The minimum Gasteiger partial charge on any atom is -0.543 e. The SMILES string of the molecule is C[C@H](O)[C@H]1C(=O)N2C(C(=O)[O-])=C(COC(N)=O)S[C@H]12.[Na+]. The van der Waals surface area contributed by atoms with Crippen LogP contribution in [0.1, 0.15) is 6.92 Å². The first-order chi connectivity index (χ1) is 8.84. The van der Waals surface area contributed by atoms with Crippen LogP contribution in [-0.2, 0) is 14.3 Å². The van der Waals surface area contributed by atoms with E-state index in [2.05, 4.69) is 4.74 Å². The van der Waals surface area contributed by atoms with Crippen LogP contribution in [-0.4, -0.2) is 46.1 Å². The van der Waals surface area contributed by atoms with Crippen LogP contribution in [0.3, 0.4) is 0 Å². The van der Waals surface area contributed by atoms with Crippen molar-refractivity contribution in [1.82, 2.24) is 4.90 Å². The zero-order chi connectivity index (χ0) is 14.3. The fourth-order valence-electron chi connectivity index (χ4n) is 2.08. The zero-order valence-electron chi connectivity index (χ0n) is 10.9. The molecular weight excluding hydrogens is 299 g/mol. The average molecular weight is 310 g/mol. The summed E-state index contributed by atoms with van der Waals surface area (Å²) in [6.45, 7) is 1.12. The number of carboxylic acid groups (broad SMARTS) is 1. The molecule has 2 amide bonds. The molecule has 0 radical (unpaired) electrons. The van der Waals surface area contributed by atoms with Gasteiger partial charge in [-0.1, -0.05) is 11.8 Å². The largest absolute Gasteiger partial charge is 1.00 e. The molecule has 0 bridgehead atoms. The maximum atomic E-state index is 11.8. The molecule has 104 valence electrons. The third-order valence-corrected chi connectivity index (χ3v) is 4.25. The molecule has 2 heterocycles. The van der Waals surface area contributed by atoms with Crippen molar-refractivity contribution in [3.8, 4) is 0 Å². The van der Waals surface area contributed by atoms with Gasteiger partial charge in [0, 0.05) is 0 Å². The molecule has 0 unspecified atom stereocenters. The number of fused-ring (bicyclic) bond motifs is 1. The number of aliphatic carboxylic acids is 1. The third-order valence-electron chi connectivity index (χ3n) is 2.91. The van der Waals surface area contributed by atoms with Crippen molar-refractivity contribution in [3.63, 3.8) is 0 Å². The number of β-lactam (4-membered cyclic amide) rings is 1. The maximum Gasteiger partial charge on any atom is 1.00 e. The maximum absolute atomic E-state index is 11.8. The molecule has 3 atom stereocenters. The second-order valence-electron chi connectivity index (χ2n) is 4.15. The number of carbonyl (C=O) groups excluding carboxylic acids is 3. The number of nitrogens with two attached hydrogens (primary N) is 1. The van der Waals surface area contributed by atoms with Crippen molar-refractivity contribution in [2.75, 3.05) is 6.61 Å². The topological polar surface area (TPSA) is 133 Å². The molecule has 3 N–H and O–H groups in total. The Bertz CT molecular complexity index is 494. The number of carbonyl (C=O) groups is 3. The molecule has 2 aliphatic rings. The Labute approximate surface area is 140 Å². The molecule has 0 aromatic heterocycles. The fourth-order valence-corrected chi connectivity index (χ4v) is 3.60. The monoisotopic (exact) mass is 310 g/mol. The fraction of sp³-hybridized carbons (Fsp3) is 0.500. The third kappa shape index (κ3) is 2.82. The molecule has 2 rings (SSSR count). The smallest absolute Gasteiger partial charge is 0.543 e. The van der Waals surface area contributed by atoms with Gasteiger partial charge in [0.1, 0.15) is 12.0 Å². The van der Waals surface area contributed by atoms with E-state index in [-0.39, 0.29) is 46.8 Å². The summed E-state index contributed by atoms with van der Waals surface area (Å²) in [6, 6.07) is 0. The Balaban J connectivity index is 0.00000200. The summed E-state index contributed by atoms with van der Waals surface area (Å²) in [4.78, 5) is 34.6. The van der Waals surface area contributed by atoms with Crippen LogP contribution in [0.5, 0.6) is 0 Å². The Morgan fingerprint density at radius 3 is 2.65 bits per heavy atom. The van der Waals surface area contributed by atoms with Crippen LogP contribution in [0.4, 0.5) is 4.79 Å². The van der Waals surface area contributed by atoms with Gasteiger partial charge in [-0.2, -0.15) is 0 Å². The molecule has 8 nitrogen and oxygen atoms in total. The quantitative estimate of drug-likeness (QED) is 0.392. The summed E-state index contributed by atoms with van der Waals surface area (Å²) in [7, 11) is 0. The van der Waals surface area contributed by atoms with E-state index < -0.39 is 35.4 Å². The second-order valence-corrected chi connectivity index (χ2v) is 5.36. The second kappa shape index (κ2) is 6.35. The Morgan fingerprint density at radius 1 is 1.60 bits per heavy atom. The molecule has 0 saturated carbocycles. The number of aliphatic hydroxyl groups excluding tert-OH is 1. The van der Waals surface area contributed by atoms with Crippen molar-refractivity contribution in [2.24, 2.45) is 11.7 Å². The van der Waals surface area contributed by atoms with Gasteiger partial charge in [-0.05, 0) is 6.92 Å². The first kappa shape index (κ1) is 17.3. The molecule has 20 heavy (non-hydrogen) atoms. The molecule has 0 aromatic rings. The number of nitrogens with zero attached hydrogens (tertiary/aromatic N) is 1. The number of hydrogen-bond acceptors (Lipinski definition) is 7. The van der Waals surface area contributed by atoms with Crippen molar-refractivity contribution in [1.29, 1.82) is 0 Å². The number of thioether (sulfide) groups is 1. The summed E-state index contributed by atoms with van der Waals surface area (Å²) < 4.78 is 4.53. The number of amides is 2. The Morgan fingerprint density at radius 2 is 2.20 bits per heavy atom. The summed E-state index contributed by atoms with van der Waals surface area (Å²) in [6.07, 6.45) is -1.93. The molecule has 0 spiro atoms. The minimum atomic E-state index is -1.53. The van der Waals surface area contributed by atoms with E-state index in [1.807, 2.05) is 0 Å². The van der Waals surface area contributed by atoms with Gasteiger partial charge < -0.3 is 25.5 Å². The Hall–Kier alpha value is -0.740. The first-order valence-electron chi connectivity index (χ1n) is 5.39.